The zero-order valence-electron chi connectivity index (χ0n) is 68.5. The van der Waals surface area contributed by atoms with E-state index in [1.807, 2.05) is 0 Å². The molecule has 0 fully saturated rings. The van der Waals surface area contributed by atoms with E-state index in [0.29, 0.717) is 25.7 Å². The summed E-state index contributed by atoms with van der Waals surface area (Å²) in [6.07, 6.45) is 65.1. The predicted molar refractivity (Wildman–Crippen MR) is 428 cm³/mol. The molecule has 17 nitrogen and oxygen atoms in total. The van der Waals surface area contributed by atoms with Crippen LogP contribution in [-0.2, 0) is 65.4 Å². The Bertz CT molecular complexity index is 2010. The molecule has 0 aromatic carbocycles. The van der Waals surface area contributed by atoms with Crippen molar-refractivity contribution in [1.82, 2.24) is 0 Å². The van der Waals surface area contributed by atoms with Gasteiger partial charge in [0.2, 0.25) is 0 Å². The van der Waals surface area contributed by atoms with Crippen LogP contribution in [-0.4, -0.2) is 96.7 Å². The Morgan fingerprint density at radius 2 is 0.490 bits per heavy atom. The number of carbonyl (C=O) groups excluding carboxylic acids is 4. The van der Waals surface area contributed by atoms with Crippen LogP contribution >= 0.6 is 15.6 Å². The third-order valence-electron chi connectivity index (χ3n) is 20.2. The highest BCUT2D eigenvalue weighted by Crippen LogP contribution is 2.45. The van der Waals surface area contributed by atoms with Crippen LogP contribution in [0.1, 0.15) is 447 Å². The molecule has 0 heterocycles. The summed E-state index contributed by atoms with van der Waals surface area (Å²) in [7, 11) is -9.93. The molecule has 3 unspecified atom stereocenters. The number of rotatable bonds is 83. The Morgan fingerprint density at radius 3 is 0.731 bits per heavy atom. The summed E-state index contributed by atoms with van der Waals surface area (Å²) in [5.41, 5.74) is 0. The average molecular weight is 1520 g/mol. The van der Waals surface area contributed by atoms with Gasteiger partial charge in [-0.1, -0.05) is 395 Å². The first-order valence-corrected chi connectivity index (χ1v) is 46.9. The Balaban J connectivity index is 5.27. The summed E-state index contributed by atoms with van der Waals surface area (Å²) in [6, 6.07) is 0. The lowest BCUT2D eigenvalue weighted by Gasteiger charge is -2.21. The number of aliphatic hydroxyl groups is 1. The lowest BCUT2D eigenvalue weighted by molar-refractivity contribution is -0.161. The summed E-state index contributed by atoms with van der Waals surface area (Å²) in [6.45, 7) is 12.0. The topological polar surface area (TPSA) is 237 Å². The minimum atomic E-state index is -4.97. The van der Waals surface area contributed by atoms with Crippen LogP contribution < -0.4 is 0 Å². The van der Waals surface area contributed by atoms with Gasteiger partial charge in [0.1, 0.15) is 19.3 Å². The smallest absolute Gasteiger partial charge is 0.462 e. The maximum Gasteiger partial charge on any atom is 0.472 e. The molecule has 0 aliphatic heterocycles. The Morgan fingerprint density at radius 1 is 0.279 bits per heavy atom. The maximum atomic E-state index is 13.1. The molecule has 19 heteroatoms. The standard InChI is InChI=1S/C85H166O17P2/c1-8-10-11-12-13-14-15-16-17-21-28-33-38-47-54-61-68-85(90)102-81(73-96-83(88)67-60-53-46-41-40-44-51-58-65-78(7)9-2)75-100-104(93,94)98-71-79(86)70-97-103(91,92)99-74-80(72-95-82(87)66-59-52-45-37-32-27-24-23-26-31-36-43-50-57-64-77(5)6)101-84(89)69-62-55-48-39-34-29-22-19-18-20-25-30-35-42-49-56-63-76(3)4/h76-81,86H,8-75H2,1-7H3,(H,91,92)(H,93,94)/t78?,79-,80-,81-/m1/s1. The van der Waals surface area contributed by atoms with Crippen LogP contribution in [0.2, 0.25) is 0 Å². The molecule has 0 aromatic rings. The molecule has 0 aromatic heterocycles. The molecule has 0 radical (unpaired) electrons. The van der Waals surface area contributed by atoms with Crippen LogP contribution in [0.4, 0.5) is 0 Å². The Kier molecular flexibility index (Phi) is 73.7. The van der Waals surface area contributed by atoms with Gasteiger partial charge in [0, 0.05) is 25.7 Å². The molecule has 3 N–H and O–H groups in total. The van der Waals surface area contributed by atoms with Gasteiger partial charge in [0.25, 0.3) is 0 Å². The first-order chi connectivity index (χ1) is 50.3. The highest BCUT2D eigenvalue weighted by Gasteiger charge is 2.30. The van der Waals surface area contributed by atoms with Crippen molar-refractivity contribution in [3.8, 4) is 0 Å². The predicted octanol–water partition coefficient (Wildman–Crippen LogP) is 25.7. The highest BCUT2D eigenvalue weighted by atomic mass is 31.2. The quantitative estimate of drug-likeness (QED) is 0.0222. The van der Waals surface area contributed by atoms with Crippen molar-refractivity contribution in [2.24, 2.45) is 17.8 Å². The van der Waals surface area contributed by atoms with Gasteiger partial charge in [-0.15, -0.1) is 0 Å². The van der Waals surface area contributed by atoms with E-state index >= 15 is 0 Å². The molecule has 0 spiro atoms. The van der Waals surface area contributed by atoms with Crippen molar-refractivity contribution < 1.29 is 80.2 Å². The zero-order valence-corrected chi connectivity index (χ0v) is 70.3. The molecule has 0 aliphatic carbocycles. The van der Waals surface area contributed by atoms with Crippen molar-refractivity contribution >= 4 is 39.5 Å². The van der Waals surface area contributed by atoms with E-state index in [1.165, 1.54) is 257 Å². The first kappa shape index (κ1) is 102. The summed E-state index contributed by atoms with van der Waals surface area (Å²) in [4.78, 5) is 73.2. The largest absolute Gasteiger partial charge is 0.472 e. The Hall–Kier alpha value is -1.94. The second kappa shape index (κ2) is 75.1. The molecule has 6 atom stereocenters. The lowest BCUT2D eigenvalue weighted by atomic mass is 9.99. The fourth-order valence-corrected chi connectivity index (χ4v) is 14.7. The van der Waals surface area contributed by atoms with Gasteiger partial charge in [0.05, 0.1) is 26.4 Å². The van der Waals surface area contributed by atoms with Crippen molar-refractivity contribution in [1.29, 1.82) is 0 Å². The number of carbonyl (C=O) groups is 4. The average Bonchev–Trinajstić information content (AvgIpc) is 0.911. The fourth-order valence-electron chi connectivity index (χ4n) is 13.2. The van der Waals surface area contributed by atoms with Crippen LogP contribution in [0, 0.1) is 17.8 Å². The van der Waals surface area contributed by atoms with Crippen molar-refractivity contribution in [2.75, 3.05) is 39.6 Å². The van der Waals surface area contributed by atoms with E-state index in [0.717, 1.165) is 108 Å². The SMILES string of the molecule is CCCCCCCCCCCCCCCCCCC(=O)O[C@H](COC(=O)CCCCCCCCCCC(C)CC)COP(=O)(O)OC[C@H](O)COP(=O)(O)OC[C@@H](COC(=O)CCCCCCCCCCCCCCCCC(C)C)OC(=O)CCCCCCCCCCCCCCCCCCC(C)C. The van der Waals surface area contributed by atoms with E-state index in [-0.39, 0.29) is 25.7 Å². The maximum absolute atomic E-state index is 13.1. The van der Waals surface area contributed by atoms with Gasteiger partial charge in [-0.2, -0.15) is 0 Å². The van der Waals surface area contributed by atoms with Crippen molar-refractivity contribution in [3.63, 3.8) is 0 Å². The number of esters is 4. The van der Waals surface area contributed by atoms with E-state index in [1.54, 1.807) is 0 Å². The van der Waals surface area contributed by atoms with Gasteiger partial charge < -0.3 is 33.8 Å². The lowest BCUT2D eigenvalue weighted by Crippen LogP contribution is -2.30. The summed E-state index contributed by atoms with van der Waals surface area (Å²) >= 11 is 0. The monoisotopic (exact) mass is 1520 g/mol. The second-order valence-electron chi connectivity index (χ2n) is 31.8. The van der Waals surface area contributed by atoms with Gasteiger partial charge in [-0.05, 0) is 43.4 Å². The summed E-state index contributed by atoms with van der Waals surface area (Å²) in [5.74, 6) is 0.282. The molecule has 104 heavy (non-hydrogen) atoms. The number of phosphoric ester groups is 2. The third-order valence-corrected chi connectivity index (χ3v) is 22.1. The zero-order chi connectivity index (χ0) is 76.5. The minimum Gasteiger partial charge on any atom is -0.462 e. The third kappa shape index (κ3) is 76.8. The number of hydrogen-bond donors (Lipinski definition) is 3. The van der Waals surface area contributed by atoms with E-state index < -0.39 is 97.5 Å². The molecule has 0 saturated heterocycles. The van der Waals surface area contributed by atoms with E-state index in [4.69, 9.17) is 37.0 Å². The van der Waals surface area contributed by atoms with E-state index in [2.05, 4.69) is 48.5 Å². The van der Waals surface area contributed by atoms with Crippen LogP contribution in [0.3, 0.4) is 0 Å². The van der Waals surface area contributed by atoms with Crippen molar-refractivity contribution in [3.05, 3.63) is 0 Å². The highest BCUT2D eigenvalue weighted by molar-refractivity contribution is 7.47. The summed E-state index contributed by atoms with van der Waals surface area (Å²) < 4.78 is 68.9. The number of phosphoric acid groups is 2. The van der Waals surface area contributed by atoms with Gasteiger partial charge in [-0.25, -0.2) is 9.13 Å². The molecule has 0 rings (SSSR count). The van der Waals surface area contributed by atoms with Gasteiger partial charge in [0.15, 0.2) is 12.2 Å². The van der Waals surface area contributed by atoms with E-state index in [9.17, 15) is 43.2 Å². The van der Waals surface area contributed by atoms with Crippen LogP contribution in [0.15, 0.2) is 0 Å². The molecular weight excluding hydrogens is 1350 g/mol. The number of ether oxygens (including phenoxy) is 4. The van der Waals surface area contributed by atoms with Crippen LogP contribution in [0.25, 0.3) is 0 Å². The molecular formula is C85H166O17P2. The Labute approximate surface area is 638 Å². The van der Waals surface area contributed by atoms with Gasteiger partial charge >= 0.3 is 39.5 Å². The van der Waals surface area contributed by atoms with Crippen LogP contribution in [0.5, 0.6) is 0 Å². The first-order valence-electron chi connectivity index (χ1n) is 43.9. The number of unbranched alkanes of at least 4 members (excludes halogenated alkanes) is 50. The van der Waals surface area contributed by atoms with Crippen molar-refractivity contribution in [2.45, 2.75) is 465 Å². The second-order valence-corrected chi connectivity index (χ2v) is 34.7. The van der Waals surface area contributed by atoms with Gasteiger partial charge in [-0.3, -0.25) is 37.3 Å². The minimum absolute atomic E-state index is 0.108. The molecule has 0 bridgehead atoms. The normalized spacial score (nSPS) is 14.2. The molecule has 0 saturated carbocycles. The fraction of sp³-hybridized carbons (Fsp3) is 0.953. The summed E-state index contributed by atoms with van der Waals surface area (Å²) in [5, 5.41) is 10.7. The molecule has 618 valence electrons. The molecule has 0 aliphatic rings. The molecule has 0 amide bonds. The number of hydrogen-bond acceptors (Lipinski definition) is 15. The number of aliphatic hydroxyl groups excluding tert-OH is 1.